The normalized spacial score (nSPS) is 23.5. The van der Waals surface area contributed by atoms with Crippen molar-refractivity contribution in [3.05, 3.63) is 48.0 Å². The molecule has 44 heavy (non-hydrogen) atoms. The van der Waals surface area contributed by atoms with Crippen molar-refractivity contribution in [3.8, 4) is 0 Å². The summed E-state index contributed by atoms with van der Waals surface area (Å²) >= 11 is 0. The molecule has 240 valence electrons. The number of hydrogen-bond acceptors (Lipinski definition) is 6. The first-order chi connectivity index (χ1) is 20.8. The third-order valence-corrected chi connectivity index (χ3v) is 9.93. The van der Waals surface area contributed by atoms with Crippen molar-refractivity contribution in [3.63, 3.8) is 0 Å². The predicted molar refractivity (Wildman–Crippen MR) is 166 cm³/mol. The van der Waals surface area contributed by atoms with E-state index in [4.69, 9.17) is 4.74 Å². The van der Waals surface area contributed by atoms with Crippen molar-refractivity contribution in [1.82, 2.24) is 20.9 Å². The van der Waals surface area contributed by atoms with Crippen LogP contribution in [0.2, 0.25) is 0 Å². The van der Waals surface area contributed by atoms with Crippen LogP contribution in [0.15, 0.2) is 36.9 Å². The van der Waals surface area contributed by atoms with Gasteiger partial charge in [-0.15, -0.1) is 6.58 Å². The van der Waals surface area contributed by atoms with Crippen LogP contribution < -0.4 is 16.0 Å². The van der Waals surface area contributed by atoms with Gasteiger partial charge >= 0.3 is 6.09 Å². The molecule has 10 heteroatoms. The maximum Gasteiger partial charge on any atom is 0.408 e. The molecular weight excluding hydrogens is 560 g/mol. The molecular formula is C34H48N4O6. The smallest absolute Gasteiger partial charge is 0.408 e. The summed E-state index contributed by atoms with van der Waals surface area (Å²) in [4.78, 5) is 68.5. The Morgan fingerprint density at radius 2 is 1.70 bits per heavy atom. The number of benzene rings is 1. The highest BCUT2D eigenvalue weighted by Gasteiger charge is 2.69. The molecule has 4 unspecified atom stereocenters. The van der Waals surface area contributed by atoms with Crippen molar-refractivity contribution < 1.29 is 28.7 Å². The van der Waals surface area contributed by atoms with Crippen molar-refractivity contribution in [2.45, 2.75) is 91.5 Å². The second-order valence-electron chi connectivity index (χ2n) is 13.5. The Morgan fingerprint density at radius 1 is 1.07 bits per heavy atom. The fraction of sp³-hybridized carbons (Fsp3) is 0.618. The first-order valence-corrected chi connectivity index (χ1v) is 15.9. The summed E-state index contributed by atoms with van der Waals surface area (Å²) in [6.07, 6.45) is 2.55. The molecule has 2 aliphatic carbocycles. The number of ether oxygens (including phenoxy) is 1. The van der Waals surface area contributed by atoms with E-state index in [0.717, 1.165) is 11.1 Å². The number of nitrogens with zero attached hydrogens (tertiary/aromatic N) is 1. The number of carbonyl (C=O) groups is 5. The van der Waals surface area contributed by atoms with Gasteiger partial charge in [-0.1, -0.05) is 71.4 Å². The Balaban J connectivity index is 1.58. The van der Waals surface area contributed by atoms with E-state index in [0.29, 0.717) is 25.8 Å². The second-order valence-corrected chi connectivity index (χ2v) is 13.5. The fourth-order valence-corrected chi connectivity index (χ4v) is 6.89. The third kappa shape index (κ3) is 6.84. The van der Waals surface area contributed by atoms with Gasteiger partial charge in [0.15, 0.2) is 0 Å². The molecule has 1 aliphatic heterocycles. The third-order valence-electron chi connectivity index (χ3n) is 9.93. The van der Waals surface area contributed by atoms with E-state index in [1.807, 2.05) is 52.0 Å². The van der Waals surface area contributed by atoms with Crippen molar-refractivity contribution >= 4 is 29.6 Å². The van der Waals surface area contributed by atoms with Crippen LogP contribution in [-0.2, 0) is 36.8 Å². The molecule has 1 saturated heterocycles. The van der Waals surface area contributed by atoms with E-state index >= 15 is 0 Å². The minimum atomic E-state index is -1.01. The molecule has 0 aromatic heterocycles. The molecule has 0 radical (unpaired) electrons. The SMILES string of the molecule is C=CCNC(=O)C(=O)C(CCC)NC(=O)[C@@H]1C2C(CN1C(=O)[C@@H](NC(=O)OC(C)C(C)C)C1Cc3ccccc3C1)C2(C)C. The first kappa shape index (κ1) is 33.2. The zero-order chi connectivity index (χ0) is 32.3. The summed E-state index contributed by atoms with van der Waals surface area (Å²) in [5.41, 5.74) is 2.11. The number of ketones is 1. The van der Waals surface area contributed by atoms with Gasteiger partial charge < -0.3 is 25.6 Å². The van der Waals surface area contributed by atoms with E-state index in [1.165, 1.54) is 6.08 Å². The Kier molecular flexibility index (Phi) is 10.2. The van der Waals surface area contributed by atoms with Gasteiger partial charge in [-0.05, 0) is 66.4 Å². The van der Waals surface area contributed by atoms with Crippen molar-refractivity contribution in [2.24, 2.45) is 29.1 Å². The second kappa shape index (κ2) is 13.5. The first-order valence-electron chi connectivity index (χ1n) is 15.9. The molecule has 4 amide bonds. The number of amides is 4. The number of nitrogens with one attached hydrogen (secondary N) is 3. The number of carbonyl (C=O) groups excluding carboxylic acids is 5. The van der Waals surface area contributed by atoms with E-state index in [1.54, 1.807) is 4.90 Å². The summed E-state index contributed by atoms with van der Waals surface area (Å²) in [5, 5.41) is 8.19. The number of Topliss-reactive ketones (excluding diaryl/α,β-unsaturated/α-hetero) is 1. The van der Waals surface area contributed by atoms with Gasteiger partial charge in [0.2, 0.25) is 17.6 Å². The topological polar surface area (TPSA) is 134 Å². The lowest BCUT2D eigenvalue weighted by atomic mass is 9.93. The van der Waals surface area contributed by atoms with Crippen molar-refractivity contribution in [2.75, 3.05) is 13.1 Å². The molecule has 3 N–H and O–H groups in total. The molecule has 1 aromatic carbocycles. The van der Waals surface area contributed by atoms with Gasteiger partial charge in [-0.3, -0.25) is 19.2 Å². The highest BCUT2D eigenvalue weighted by Crippen LogP contribution is 2.65. The number of likely N-dealkylation sites (tertiary alicyclic amines) is 1. The summed E-state index contributed by atoms with van der Waals surface area (Å²) in [5.74, 6) is -2.41. The van der Waals surface area contributed by atoms with Gasteiger partial charge in [-0.2, -0.15) is 0 Å². The minimum Gasteiger partial charge on any atom is -0.446 e. The molecule has 10 nitrogen and oxygen atoms in total. The van der Waals surface area contributed by atoms with Gasteiger partial charge in [0.05, 0.1) is 6.04 Å². The average molecular weight is 609 g/mol. The van der Waals surface area contributed by atoms with Gasteiger partial charge in [0, 0.05) is 13.1 Å². The average Bonchev–Trinajstić information content (AvgIpc) is 3.35. The number of alkyl carbamates (subject to hydrolysis) is 1. The maximum atomic E-state index is 14.4. The fourth-order valence-electron chi connectivity index (χ4n) is 6.89. The van der Waals surface area contributed by atoms with Crippen molar-refractivity contribution in [1.29, 1.82) is 0 Å². The predicted octanol–water partition coefficient (Wildman–Crippen LogP) is 3.18. The molecule has 4 rings (SSSR count). The monoisotopic (exact) mass is 608 g/mol. The molecule has 6 atom stereocenters. The van der Waals surface area contributed by atoms with Gasteiger partial charge in [0.25, 0.3) is 5.91 Å². The lowest BCUT2D eigenvalue weighted by molar-refractivity contribution is -0.144. The highest BCUT2D eigenvalue weighted by atomic mass is 16.6. The van der Waals surface area contributed by atoms with Crippen LogP contribution in [0.5, 0.6) is 0 Å². The van der Waals surface area contributed by atoms with E-state index in [-0.39, 0.29) is 54.1 Å². The quantitative estimate of drug-likeness (QED) is 0.233. The maximum absolute atomic E-state index is 14.4. The summed E-state index contributed by atoms with van der Waals surface area (Å²) in [7, 11) is 0. The molecule has 0 bridgehead atoms. The van der Waals surface area contributed by atoms with Crippen LogP contribution in [0.3, 0.4) is 0 Å². The molecule has 1 aromatic rings. The largest absolute Gasteiger partial charge is 0.446 e. The standard InChI is InChI=1S/C34H48N4O6/c1-8-12-25(29(39)31(41)35-15-9-2)36-30(40)28-26-24(34(26,6)7)18-38(28)32(42)27(37-33(43)44-20(5)19(3)4)23-16-21-13-10-11-14-22(21)17-23/h9-11,13-14,19-20,23-28H,2,8,12,15-18H2,1,3-7H3,(H,35,41)(H,36,40)(H,37,43)/t20?,24?,25?,26?,27-,28-/m0/s1. The molecule has 0 spiro atoms. The summed E-state index contributed by atoms with van der Waals surface area (Å²) in [6, 6.07) is 5.26. The molecule has 1 heterocycles. The van der Waals surface area contributed by atoms with Crippen LogP contribution in [0.25, 0.3) is 0 Å². The molecule has 3 aliphatic rings. The lowest BCUT2D eigenvalue weighted by Crippen LogP contribution is -2.59. The number of rotatable bonds is 13. The van der Waals surface area contributed by atoms with Gasteiger partial charge in [0.1, 0.15) is 18.2 Å². The van der Waals surface area contributed by atoms with Crippen LogP contribution in [0, 0.1) is 29.1 Å². The Labute approximate surface area is 260 Å². The number of fused-ring (bicyclic) bond motifs is 2. The van der Waals surface area contributed by atoms with Crippen LogP contribution in [0.1, 0.15) is 65.5 Å². The summed E-state index contributed by atoms with van der Waals surface area (Å²) in [6.45, 7) is 15.8. The lowest BCUT2D eigenvalue weighted by Gasteiger charge is -2.35. The van der Waals surface area contributed by atoms with Crippen LogP contribution >= 0.6 is 0 Å². The van der Waals surface area contributed by atoms with E-state index in [9.17, 15) is 24.0 Å². The van der Waals surface area contributed by atoms with Crippen LogP contribution in [0.4, 0.5) is 4.79 Å². The highest BCUT2D eigenvalue weighted by molar-refractivity contribution is 6.38. The number of piperidine rings is 1. The Hall–Kier alpha value is -3.69. The van der Waals surface area contributed by atoms with E-state index < -0.39 is 41.8 Å². The molecule has 1 saturated carbocycles. The van der Waals surface area contributed by atoms with Gasteiger partial charge in [-0.25, -0.2) is 4.79 Å². The Bertz CT molecular complexity index is 1270. The molecule has 2 fully saturated rings. The zero-order valence-electron chi connectivity index (χ0n) is 26.9. The Morgan fingerprint density at radius 3 is 2.27 bits per heavy atom. The summed E-state index contributed by atoms with van der Waals surface area (Å²) < 4.78 is 5.60. The minimum absolute atomic E-state index is 0.101. The van der Waals surface area contributed by atoms with E-state index in [2.05, 4.69) is 36.4 Å². The zero-order valence-corrected chi connectivity index (χ0v) is 26.9. The van der Waals surface area contributed by atoms with Crippen LogP contribution in [-0.4, -0.2) is 71.8 Å². The number of hydrogen-bond donors (Lipinski definition) is 3.